The number of amides is 2. The van der Waals surface area contributed by atoms with E-state index in [1.807, 2.05) is 20.8 Å². The summed E-state index contributed by atoms with van der Waals surface area (Å²) in [5.74, 6) is -2.61. The second-order valence-electron chi connectivity index (χ2n) is 16.5. The smallest absolute Gasteiger partial charge is 0.355 e. The quantitative estimate of drug-likeness (QED) is 0.0788. The number of fused-ring (bicyclic) bond motifs is 1. The van der Waals surface area contributed by atoms with Gasteiger partial charge in [-0.3, -0.25) is 9.59 Å². The fourth-order valence-electron chi connectivity index (χ4n) is 8.12. The number of nitrogens with one attached hydrogen (secondary N) is 1. The van der Waals surface area contributed by atoms with Gasteiger partial charge in [-0.15, -0.1) is 5.10 Å². The largest absolute Gasteiger partial charge is 0.508 e. The van der Waals surface area contributed by atoms with E-state index in [0.29, 0.717) is 36.5 Å². The molecule has 7 aromatic rings. The fraction of sp³-hybridized carbons (Fsp3) is 0.292. The summed E-state index contributed by atoms with van der Waals surface area (Å²) in [6.45, 7) is 8.97. The zero-order valence-electron chi connectivity index (χ0n) is 37.9. The van der Waals surface area contributed by atoms with Gasteiger partial charge in [-0.1, -0.05) is 31.9 Å². The normalized spacial score (nSPS) is 13.9. The number of rotatable bonds is 15. The zero-order valence-corrected chi connectivity index (χ0v) is 37.9. The SMILES string of the molecule is CCC(=O)N1CCN(c2nc(=O)n(-c3ccc(C(=O)NCCOCCOc4ccc(-n5c(O)nnc5-c5cc(C(C)C)c(O)cc5O)cc4)nc3)c3nc(-c4c(O)cccc4F)c(F)cc23)[C@@H](C)C1. The number of anilines is 1. The van der Waals surface area contributed by atoms with Gasteiger partial charge in [-0.25, -0.2) is 32.7 Å². The Kier molecular flexibility index (Phi) is 13.7. The van der Waals surface area contributed by atoms with Crippen LogP contribution < -0.4 is 20.6 Å². The molecule has 1 fully saturated rings. The van der Waals surface area contributed by atoms with Gasteiger partial charge in [0.25, 0.3) is 5.91 Å². The van der Waals surface area contributed by atoms with E-state index in [1.165, 1.54) is 41.1 Å². The van der Waals surface area contributed by atoms with Gasteiger partial charge in [0.15, 0.2) is 17.3 Å². The van der Waals surface area contributed by atoms with E-state index >= 15 is 8.78 Å². The van der Waals surface area contributed by atoms with Crippen molar-refractivity contribution < 1.29 is 48.3 Å². The molecular weight excluding hydrogens is 899 g/mol. The summed E-state index contributed by atoms with van der Waals surface area (Å²) in [5, 5.41) is 52.6. The second kappa shape index (κ2) is 20.0. The van der Waals surface area contributed by atoms with E-state index in [0.717, 1.165) is 16.7 Å². The van der Waals surface area contributed by atoms with Crippen LogP contribution in [0.1, 0.15) is 56.1 Å². The van der Waals surface area contributed by atoms with Crippen LogP contribution in [0.15, 0.2) is 83.8 Å². The number of nitrogens with zero attached hydrogens (tertiary/aromatic N) is 9. The Morgan fingerprint density at radius 3 is 2.32 bits per heavy atom. The number of benzene rings is 3. The van der Waals surface area contributed by atoms with Crippen molar-refractivity contribution in [3.05, 3.63) is 112 Å². The molecule has 21 heteroatoms. The Hall–Kier alpha value is -8.20. The fourth-order valence-corrected chi connectivity index (χ4v) is 8.12. The van der Waals surface area contributed by atoms with Crippen molar-refractivity contribution in [2.45, 2.75) is 46.1 Å². The molecule has 1 atom stereocenters. The number of hydrogen-bond acceptors (Lipinski definition) is 15. The van der Waals surface area contributed by atoms with Crippen molar-refractivity contribution in [1.82, 2.24) is 44.5 Å². The molecule has 19 nitrogen and oxygen atoms in total. The van der Waals surface area contributed by atoms with E-state index in [9.17, 15) is 34.8 Å². The van der Waals surface area contributed by atoms with Gasteiger partial charge in [0.1, 0.15) is 52.6 Å². The molecule has 2 amide bonds. The molecule has 0 saturated carbocycles. The molecule has 0 spiro atoms. The third-order valence-corrected chi connectivity index (χ3v) is 11.6. The summed E-state index contributed by atoms with van der Waals surface area (Å²) in [6.07, 6.45) is 1.57. The second-order valence-corrected chi connectivity index (χ2v) is 16.5. The van der Waals surface area contributed by atoms with E-state index in [2.05, 4.69) is 30.5 Å². The van der Waals surface area contributed by atoms with Crippen LogP contribution >= 0.6 is 0 Å². The minimum Gasteiger partial charge on any atom is -0.508 e. The molecular formula is C48H48F2N10O9. The van der Waals surface area contributed by atoms with Crippen molar-refractivity contribution in [2.24, 2.45) is 0 Å². The van der Waals surface area contributed by atoms with Crippen molar-refractivity contribution in [3.8, 4) is 63.0 Å². The van der Waals surface area contributed by atoms with Crippen molar-refractivity contribution >= 4 is 28.7 Å². The van der Waals surface area contributed by atoms with Gasteiger partial charge in [-0.05, 0) is 79.1 Å². The molecule has 8 rings (SSSR count). The van der Waals surface area contributed by atoms with Gasteiger partial charge in [-0.2, -0.15) is 4.98 Å². The summed E-state index contributed by atoms with van der Waals surface area (Å²) >= 11 is 0. The highest BCUT2D eigenvalue weighted by Crippen LogP contribution is 2.40. The van der Waals surface area contributed by atoms with Gasteiger partial charge in [0.2, 0.25) is 5.91 Å². The van der Waals surface area contributed by atoms with Gasteiger partial charge < -0.3 is 45.0 Å². The highest BCUT2D eigenvalue weighted by molar-refractivity contribution is 5.93. The van der Waals surface area contributed by atoms with Crippen LogP contribution in [0.4, 0.5) is 14.6 Å². The van der Waals surface area contributed by atoms with Crippen LogP contribution in [0.2, 0.25) is 0 Å². The Morgan fingerprint density at radius 2 is 1.62 bits per heavy atom. The Bertz CT molecular complexity index is 3090. The predicted molar refractivity (Wildman–Crippen MR) is 248 cm³/mol. The molecule has 358 valence electrons. The standard InChI is InChI=1S/C48H48F2N10O9/c1-5-40(64)57-16-17-58(27(4)25-57)43-33-22-35(50)42(41-34(49)7-6-8-37(41)61)53-44(33)60(47(66)54-43)29-11-14-36(52-24-29)46(65)51-15-18-68-19-20-69-30-12-9-28(10-13-30)59-45(55-56-48(59)67)32-21-31(26(2)3)38(62)23-39(32)63/h6-14,21-24,26-27,61-63H,5,15-20,25H2,1-4H3,(H,51,65)(H,56,67)/t27-/m0/s1. The third-order valence-electron chi connectivity index (χ3n) is 11.6. The minimum atomic E-state index is -0.978. The molecule has 0 unspecified atom stereocenters. The number of phenols is 3. The first kappa shape index (κ1) is 47.3. The molecule has 3 aromatic carbocycles. The molecule has 4 aromatic heterocycles. The van der Waals surface area contributed by atoms with E-state index < -0.39 is 46.2 Å². The maximum atomic E-state index is 16.0. The van der Waals surface area contributed by atoms with E-state index in [-0.39, 0.29) is 102 Å². The molecule has 1 aliphatic rings. The number of piperazine rings is 1. The van der Waals surface area contributed by atoms with Crippen LogP contribution in [-0.4, -0.2) is 123 Å². The van der Waals surface area contributed by atoms with Crippen molar-refractivity contribution in [1.29, 1.82) is 0 Å². The first-order valence-electron chi connectivity index (χ1n) is 22.1. The highest BCUT2D eigenvalue weighted by Gasteiger charge is 2.31. The van der Waals surface area contributed by atoms with Gasteiger partial charge in [0.05, 0.1) is 47.3 Å². The topological polar surface area (TPSA) is 243 Å². The van der Waals surface area contributed by atoms with Crippen LogP contribution in [0, 0.1) is 11.6 Å². The number of carbonyl (C=O) groups is 2. The Labute approximate surface area is 392 Å². The lowest BCUT2D eigenvalue weighted by molar-refractivity contribution is -0.131. The number of aromatic hydroxyl groups is 4. The average molecular weight is 947 g/mol. The maximum Gasteiger partial charge on any atom is 0.355 e. The van der Waals surface area contributed by atoms with Crippen LogP contribution in [0.5, 0.6) is 29.0 Å². The number of pyridine rings is 2. The van der Waals surface area contributed by atoms with Crippen LogP contribution in [0.3, 0.4) is 0 Å². The summed E-state index contributed by atoms with van der Waals surface area (Å²) in [7, 11) is 0. The van der Waals surface area contributed by atoms with Crippen molar-refractivity contribution in [2.75, 3.05) is 50.9 Å². The lowest BCUT2D eigenvalue weighted by Crippen LogP contribution is -2.54. The molecule has 5 N–H and O–H groups in total. The van der Waals surface area contributed by atoms with Crippen LogP contribution in [0.25, 0.3) is 45.1 Å². The number of aromatic nitrogens is 7. The maximum absolute atomic E-state index is 16.0. The highest BCUT2D eigenvalue weighted by atomic mass is 19.1. The summed E-state index contributed by atoms with van der Waals surface area (Å²) in [4.78, 5) is 56.0. The third kappa shape index (κ3) is 9.66. The number of carbonyl (C=O) groups excluding carboxylic acids is 2. The summed E-state index contributed by atoms with van der Waals surface area (Å²) in [6, 6.07) is 16.2. The zero-order chi connectivity index (χ0) is 49.1. The monoisotopic (exact) mass is 946 g/mol. The van der Waals surface area contributed by atoms with Crippen LogP contribution in [-0.2, 0) is 9.53 Å². The van der Waals surface area contributed by atoms with Gasteiger partial charge >= 0.3 is 11.7 Å². The average Bonchev–Trinajstić information content (AvgIpc) is 3.71. The molecule has 69 heavy (non-hydrogen) atoms. The first-order valence-corrected chi connectivity index (χ1v) is 22.1. The summed E-state index contributed by atoms with van der Waals surface area (Å²) in [5.41, 5.74) is -0.520. The lowest BCUT2D eigenvalue weighted by Gasteiger charge is -2.40. The van der Waals surface area contributed by atoms with Gasteiger partial charge in [0, 0.05) is 44.7 Å². The molecule has 0 radical (unpaired) electrons. The first-order chi connectivity index (χ1) is 33.1. The molecule has 1 saturated heterocycles. The molecule has 0 aliphatic carbocycles. The number of phenolic OH excluding ortho intramolecular Hbond substituents is 3. The molecule has 0 bridgehead atoms. The Morgan fingerprint density at radius 1 is 0.855 bits per heavy atom. The lowest BCUT2D eigenvalue weighted by atomic mass is 9.98. The summed E-state index contributed by atoms with van der Waals surface area (Å²) < 4.78 is 44.9. The number of halogens is 2. The predicted octanol–water partition coefficient (Wildman–Crippen LogP) is 5.59. The Balaban J connectivity index is 0.903. The number of ether oxygens (including phenoxy) is 2. The molecule has 1 aliphatic heterocycles. The van der Waals surface area contributed by atoms with Crippen molar-refractivity contribution in [3.63, 3.8) is 0 Å². The minimum absolute atomic E-state index is 0.00356. The van der Waals surface area contributed by atoms with E-state index in [4.69, 9.17) is 9.47 Å². The molecule has 5 heterocycles. The van der Waals surface area contributed by atoms with E-state index in [1.54, 1.807) is 47.1 Å². The number of hydrogen-bond donors (Lipinski definition) is 5.